The quantitative estimate of drug-likeness (QED) is 0.718. The average molecular weight is 180 g/mol. The van der Waals surface area contributed by atoms with E-state index in [0.29, 0.717) is 12.0 Å². The van der Waals surface area contributed by atoms with Crippen LogP contribution in [-0.4, -0.2) is 21.5 Å². The summed E-state index contributed by atoms with van der Waals surface area (Å²) in [5, 5.41) is 7.85. The maximum atomic E-state index is 5.84. The van der Waals surface area contributed by atoms with Crippen molar-refractivity contribution < 1.29 is 0 Å². The highest BCUT2D eigenvalue weighted by molar-refractivity contribution is 5.31. The highest BCUT2D eigenvalue weighted by Gasteiger charge is 2.62. The summed E-state index contributed by atoms with van der Waals surface area (Å²) in [4.78, 5) is 0. The molecule has 4 nitrogen and oxygen atoms in total. The van der Waals surface area contributed by atoms with Crippen molar-refractivity contribution in [3.8, 4) is 0 Å². The molecule has 2 rings (SSSR count). The van der Waals surface area contributed by atoms with Crippen LogP contribution in [0.4, 0.5) is 0 Å². The van der Waals surface area contributed by atoms with Crippen molar-refractivity contribution in [3.05, 3.63) is 11.9 Å². The van der Waals surface area contributed by atoms with Gasteiger partial charge in [-0.2, -0.15) is 0 Å². The Bertz CT molecular complexity index is 328. The molecule has 1 saturated carbocycles. The standard InChI is InChI=1S/C9H16N4/c1-8(2)5-9(8,6-10)7-4-11-12-13(7)3/h4H,5-6,10H2,1-3H3. The zero-order valence-electron chi connectivity index (χ0n) is 8.41. The van der Waals surface area contributed by atoms with Crippen LogP contribution in [0, 0.1) is 5.41 Å². The van der Waals surface area contributed by atoms with Crippen molar-refractivity contribution in [2.75, 3.05) is 6.54 Å². The molecule has 1 aliphatic rings. The topological polar surface area (TPSA) is 56.7 Å². The third-order valence-electron chi connectivity index (χ3n) is 3.47. The molecule has 13 heavy (non-hydrogen) atoms. The third kappa shape index (κ3) is 0.950. The van der Waals surface area contributed by atoms with Crippen molar-refractivity contribution in [2.24, 2.45) is 18.2 Å². The number of nitrogens with two attached hydrogens (primary N) is 1. The second-order valence-electron chi connectivity index (χ2n) is 4.59. The molecular formula is C9H16N4. The summed E-state index contributed by atoms with van der Waals surface area (Å²) < 4.78 is 1.83. The van der Waals surface area contributed by atoms with E-state index >= 15 is 0 Å². The van der Waals surface area contributed by atoms with Gasteiger partial charge in [-0.05, 0) is 11.8 Å². The van der Waals surface area contributed by atoms with Crippen LogP contribution in [0.3, 0.4) is 0 Å². The molecule has 2 N–H and O–H groups in total. The zero-order valence-corrected chi connectivity index (χ0v) is 8.41. The molecule has 0 spiro atoms. The van der Waals surface area contributed by atoms with E-state index in [9.17, 15) is 0 Å². The van der Waals surface area contributed by atoms with Gasteiger partial charge in [-0.3, -0.25) is 4.68 Å². The molecule has 0 saturated heterocycles. The highest BCUT2D eigenvalue weighted by Crippen LogP contribution is 2.63. The minimum Gasteiger partial charge on any atom is -0.330 e. The van der Waals surface area contributed by atoms with Crippen LogP contribution in [0.1, 0.15) is 26.0 Å². The first-order chi connectivity index (χ1) is 6.03. The molecule has 1 unspecified atom stereocenters. The molecule has 4 heteroatoms. The Morgan fingerprint density at radius 3 is 2.54 bits per heavy atom. The van der Waals surface area contributed by atoms with Crippen LogP contribution in [0.25, 0.3) is 0 Å². The maximum Gasteiger partial charge on any atom is 0.0731 e. The summed E-state index contributed by atoms with van der Waals surface area (Å²) >= 11 is 0. The monoisotopic (exact) mass is 180 g/mol. The zero-order chi connectivity index (χ0) is 9.69. The van der Waals surface area contributed by atoms with Gasteiger partial charge in [-0.1, -0.05) is 19.1 Å². The van der Waals surface area contributed by atoms with Crippen molar-refractivity contribution >= 4 is 0 Å². The molecule has 1 heterocycles. The predicted molar refractivity (Wildman–Crippen MR) is 50.1 cm³/mol. The number of aromatic nitrogens is 3. The van der Waals surface area contributed by atoms with Crippen molar-refractivity contribution in [1.82, 2.24) is 15.0 Å². The Kier molecular flexibility index (Phi) is 1.55. The number of hydrogen-bond donors (Lipinski definition) is 1. The second kappa shape index (κ2) is 2.32. The van der Waals surface area contributed by atoms with Crippen LogP contribution in [-0.2, 0) is 12.5 Å². The van der Waals surface area contributed by atoms with E-state index in [1.165, 1.54) is 5.69 Å². The van der Waals surface area contributed by atoms with Gasteiger partial charge < -0.3 is 5.73 Å². The second-order valence-corrected chi connectivity index (χ2v) is 4.59. The van der Waals surface area contributed by atoms with Gasteiger partial charge in [0, 0.05) is 19.0 Å². The van der Waals surface area contributed by atoms with Gasteiger partial charge in [0.25, 0.3) is 0 Å². The van der Waals surface area contributed by atoms with Gasteiger partial charge in [0.1, 0.15) is 0 Å². The molecule has 1 atom stereocenters. The van der Waals surface area contributed by atoms with E-state index in [2.05, 4.69) is 24.2 Å². The molecule has 1 aromatic heterocycles. The number of nitrogens with zero attached hydrogens (tertiary/aromatic N) is 3. The fourth-order valence-corrected chi connectivity index (χ4v) is 2.32. The van der Waals surface area contributed by atoms with Crippen molar-refractivity contribution in [3.63, 3.8) is 0 Å². The van der Waals surface area contributed by atoms with Gasteiger partial charge in [-0.25, -0.2) is 0 Å². The Labute approximate surface area is 78.1 Å². The molecule has 0 amide bonds. The molecule has 0 aliphatic heterocycles. The lowest BCUT2D eigenvalue weighted by Crippen LogP contribution is -2.27. The van der Waals surface area contributed by atoms with Crippen molar-refractivity contribution in [1.29, 1.82) is 0 Å². The van der Waals surface area contributed by atoms with Crippen LogP contribution in [0.2, 0.25) is 0 Å². The average Bonchev–Trinajstić information content (AvgIpc) is 2.43. The summed E-state index contributed by atoms with van der Waals surface area (Å²) in [7, 11) is 1.92. The van der Waals surface area contributed by atoms with Crippen LogP contribution in [0.15, 0.2) is 6.20 Å². The van der Waals surface area contributed by atoms with Crippen LogP contribution in [0.5, 0.6) is 0 Å². The van der Waals surface area contributed by atoms with Gasteiger partial charge in [0.2, 0.25) is 0 Å². The van der Waals surface area contributed by atoms with E-state index in [-0.39, 0.29) is 5.41 Å². The number of hydrogen-bond acceptors (Lipinski definition) is 3. The van der Waals surface area contributed by atoms with E-state index < -0.39 is 0 Å². The minimum absolute atomic E-state index is 0.116. The molecule has 1 fully saturated rings. The van der Waals surface area contributed by atoms with E-state index in [1.54, 1.807) is 0 Å². The normalized spacial score (nSPS) is 30.5. The smallest absolute Gasteiger partial charge is 0.0731 e. The molecular weight excluding hydrogens is 164 g/mol. The predicted octanol–water partition coefficient (Wildman–Crippen LogP) is 0.441. The lowest BCUT2D eigenvalue weighted by Gasteiger charge is -2.17. The summed E-state index contributed by atoms with van der Waals surface area (Å²) in [5.41, 5.74) is 7.42. The van der Waals surface area contributed by atoms with Gasteiger partial charge in [-0.15, -0.1) is 5.10 Å². The third-order valence-corrected chi connectivity index (χ3v) is 3.47. The Hall–Kier alpha value is -0.900. The fourth-order valence-electron chi connectivity index (χ4n) is 2.32. The Balaban J connectivity index is 2.41. The molecule has 72 valence electrons. The first-order valence-corrected chi connectivity index (χ1v) is 4.59. The number of aryl methyl sites for hydroxylation is 1. The lowest BCUT2D eigenvalue weighted by molar-refractivity contribution is 0.471. The summed E-state index contributed by atoms with van der Waals surface area (Å²) in [5.74, 6) is 0. The van der Waals surface area contributed by atoms with E-state index in [4.69, 9.17) is 5.73 Å². The highest BCUT2D eigenvalue weighted by atomic mass is 15.4. The SMILES string of the molecule is Cn1nncc1C1(CN)CC1(C)C. The summed E-state index contributed by atoms with van der Waals surface area (Å²) in [6.07, 6.45) is 2.97. The van der Waals surface area contributed by atoms with Gasteiger partial charge >= 0.3 is 0 Å². The molecule has 0 aromatic carbocycles. The molecule has 1 aromatic rings. The van der Waals surface area contributed by atoms with Gasteiger partial charge in [0.05, 0.1) is 11.9 Å². The van der Waals surface area contributed by atoms with Crippen LogP contribution >= 0.6 is 0 Å². The van der Waals surface area contributed by atoms with E-state index in [1.807, 2.05) is 17.9 Å². The maximum absolute atomic E-state index is 5.84. The fraction of sp³-hybridized carbons (Fsp3) is 0.778. The minimum atomic E-state index is 0.116. The first kappa shape index (κ1) is 8.69. The Morgan fingerprint density at radius 2 is 2.23 bits per heavy atom. The van der Waals surface area contributed by atoms with Crippen LogP contribution < -0.4 is 5.73 Å². The Morgan fingerprint density at radius 1 is 1.62 bits per heavy atom. The molecule has 0 radical (unpaired) electrons. The van der Waals surface area contributed by atoms with Crippen molar-refractivity contribution in [2.45, 2.75) is 25.7 Å². The summed E-state index contributed by atoms with van der Waals surface area (Å²) in [6.45, 7) is 5.17. The van der Waals surface area contributed by atoms with Gasteiger partial charge in [0.15, 0.2) is 0 Å². The lowest BCUT2D eigenvalue weighted by atomic mass is 9.93. The van der Waals surface area contributed by atoms with E-state index in [0.717, 1.165) is 6.42 Å². The molecule has 1 aliphatic carbocycles. The molecule has 0 bridgehead atoms. The largest absolute Gasteiger partial charge is 0.330 e. The number of rotatable bonds is 2. The summed E-state index contributed by atoms with van der Waals surface area (Å²) in [6, 6.07) is 0. The first-order valence-electron chi connectivity index (χ1n) is 4.59.